The summed E-state index contributed by atoms with van der Waals surface area (Å²) < 4.78 is 40.3. The molecule has 2 aromatic heterocycles. The van der Waals surface area contributed by atoms with Crippen LogP contribution in [0, 0.1) is 13.8 Å². The standard InChI is InChI=1S/C15H19F3N6O/c1-9-7-10(2)24(14(25)20-9)6-5-19-12-8-11(15(16,17)18)21-13(22-12)23(3)4/h7-8H,5-6H2,1-4H3,(H,19,21,22). The molecule has 1 N–H and O–H groups in total. The maximum atomic E-state index is 13.0. The zero-order valence-electron chi connectivity index (χ0n) is 14.3. The highest BCUT2D eigenvalue weighted by molar-refractivity contribution is 5.43. The predicted molar refractivity (Wildman–Crippen MR) is 87.8 cm³/mol. The van der Waals surface area contributed by atoms with Crippen LogP contribution in [0.5, 0.6) is 0 Å². The molecule has 2 rings (SSSR count). The van der Waals surface area contributed by atoms with E-state index in [-0.39, 0.29) is 24.9 Å². The van der Waals surface area contributed by atoms with Gasteiger partial charge in [0.2, 0.25) is 5.95 Å². The molecule has 0 fully saturated rings. The topological polar surface area (TPSA) is 75.9 Å². The second-order valence-corrected chi connectivity index (χ2v) is 5.73. The zero-order valence-corrected chi connectivity index (χ0v) is 14.3. The minimum absolute atomic E-state index is 0.0387. The average Bonchev–Trinajstić information content (AvgIpc) is 2.48. The van der Waals surface area contributed by atoms with Crippen LogP contribution < -0.4 is 15.9 Å². The summed E-state index contributed by atoms with van der Waals surface area (Å²) in [5.74, 6) is -0.0144. The molecule has 0 atom stereocenters. The largest absolute Gasteiger partial charge is 0.433 e. The summed E-state index contributed by atoms with van der Waals surface area (Å²) in [5, 5.41) is 2.80. The van der Waals surface area contributed by atoms with Crippen molar-refractivity contribution in [3.05, 3.63) is 39.7 Å². The molecule has 0 aliphatic heterocycles. The third kappa shape index (κ3) is 4.68. The molecular formula is C15H19F3N6O. The van der Waals surface area contributed by atoms with Gasteiger partial charge in [0, 0.05) is 44.6 Å². The third-order valence-corrected chi connectivity index (χ3v) is 3.39. The summed E-state index contributed by atoms with van der Waals surface area (Å²) in [5.41, 5.74) is -0.0779. The molecule has 136 valence electrons. The van der Waals surface area contributed by atoms with Crippen molar-refractivity contribution in [1.82, 2.24) is 19.5 Å². The van der Waals surface area contributed by atoms with Crippen LogP contribution in [0.1, 0.15) is 17.1 Å². The van der Waals surface area contributed by atoms with Crippen molar-refractivity contribution in [3.8, 4) is 0 Å². The number of aromatic nitrogens is 4. The van der Waals surface area contributed by atoms with Gasteiger partial charge in [0.15, 0.2) is 5.69 Å². The predicted octanol–water partition coefficient (Wildman–Crippen LogP) is 1.85. The summed E-state index contributed by atoms with van der Waals surface area (Å²) >= 11 is 0. The van der Waals surface area contributed by atoms with E-state index in [1.165, 1.54) is 9.47 Å². The van der Waals surface area contributed by atoms with E-state index in [9.17, 15) is 18.0 Å². The molecule has 0 saturated carbocycles. The van der Waals surface area contributed by atoms with Crippen LogP contribution in [0.15, 0.2) is 16.9 Å². The van der Waals surface area contributed by atoms with Crippen LogP contribution in [-0.2, 0) is 12.7 Å². The summed E-state index contributed by atoms with van der Waals surface area (Å²) in [4.78, 5) is 24.6. The van der Waals surface area contributed by atoms with Crippen molar-refractivity contribution in [2.24, 2.45) is 0 Å². The lowest BCUT2D eigenvalue weighted by Gasteiger charge is -2.16. The number of nitrogens with zero attached hydrogens (tertiary/aromatic N) is 5. The van der Waals surface area contributed by atoms with E-state index >= 15 is 0 Å². The second-order valence-electron chi connectivity index (χ2n) is 5.73. The Labute approximate surface area is 142 Å². The highest BCUT2D eigenvalue weighted by Crippen LogP contribution is 2.29. The van der Waals surface area contributed by atoms with Gasteiger partial charge in [0.25, 0.3) is 0 Å². The normalized spacial score (nSPS) is 11.5. The molecule has 0 aliphatic carbocycles. The number of hydrogen-bond donors (Lipinski definition) is 1. The Hall–Kier alpha value is -2.65. The first-order valence-electron chi connectivity index (χ1n) is 7.50. The molecule has 0 unspecified atom stereocenters. The lowest BCUT2D eigenvalue weighted by molar-refractivity contribution is -0.141. The van der Waals surface area contributed by atoms with Gasteiger partial charge in [0.05, 0.1) is 0 Å². The van der Waals surface area contributed by atoms with Gasteiger partial charge >= 0.3 is 11.9 Å². The SMILES string of the molecule is Cc1cc(C)n(CCNc2cc(C(F)(F)F)nc(N(C)C)n2)c(=O)n1. The summed E-state index contributed by atoms with van der Waals surface area (Å²) in [6.07, 6.45) is -4.57. The smallest absolute Gasteiger partial charge is 0.368 e. The Bertz CT molecular complexity index is 816. The van der Waals surface area contributed by atoms with Crippen molar-refractivity contribution in [1.29, 1.82) is 0 Å². The fourth-order valence-electron chi connectivity index (χ4n) is 2.21. The van der Waals surface area contributed by atoms with Crippen LogP contribution >= 0.6 is 0 Å². The maximum Gasteiger partial charge on any atom is 0.433 e. The molecular weight excluding hydrogens is 337 g/mol. The van der Waals surface area contributed by atoms with E-state index in [0.717, 1.165) is 11.8 Å². The van der Waals surface area contributed by atoms with Crippen LogP contribution in [-0.4, -0.2) is 40.2 Å². The molecule has 2 heterocycles. The Morgan fingerprint density at radius 1 is 1.16 bits per heavy atom. The van der Waals surface area contributed by atoms with Crippen molar-refractivity contribution in [2.75, 3.05) is 30.9 Å². The quantitative estimate of drug-likeness (QED) is 0.881. The number of alkyl halides is 3. The number of hydrogen-bond acceptors (Lipinski definition) is 6. The number of anilines is 2. The van der Waals surface area contributed by atoms with Crippen molar-refractivity contribution in [3.63, 3.8) is 0 Å². The number of halogens is 3. The van der Waals surface area contributed by atoms with Crippen molar-refractivity contribution >= 4 is 11.8 Å². The van der Waals surface area contributed by atoms with E-state index in [4.69, 9.17) is 0 Å². The second kappa shape index (κ2) is 7.08. The van der Waals surface area contributed by atoms with Crippen LogP contribution in [0.3, 0.4) is 0 Å². The zero-order chi connectivity index (χ0) is 18.8. The molecule has 25 heavy (non-hydrogen) atoms. The van der Waals surface area contributed by atoms with E-state index in [1.807, 2.05) is 0 Å². The Morgan fingerprint density at radius 2 is 1.84 bits per heavy atom. The van der Waals surface area contributed by atoms with Gasteiger partial charge in [-0.15, -0.1) is 0 Å². The van der Waals surface area contributed by atoms with Crippen molar-refractivity contribution in [2.45, 2.75) is 26.6 Å². The van der Waals surface area contributed by atoms with Gasteiger partial charge in [-0.1, -0.05) is 0 Å². The fourth-order valence-corrected chi connectivity index (χ4v) is 2.21. The molecule has 0 saturated heterocycles. The number of nitrogens with one attached hydrogen (secondary N) is 1. The molecule has 0 aliphatic rings. The highest BCUT2D eigenvalue weighted by Gasteiger charge is 2.34. The van der Waals surface area contributed by atoms with Gasteiger partial charge in [-0.25, -0.2) is 9.78 Å². The first kappa shape index (κ1) is 18.7. The minimum atomic E-state index is -4.57. The first-order chi connectivity index (χ1) is 11.6. The van der Waals surface area contributed by atoms with E-state index in [2.05, 4.69) is 20.3 Å². The lowest BCUT2D eigenvalue weighted by Crippen LogP contribution is -2.28. The molecule has 0 bridgehead atoms. The summed E-state index contributed by atoms with van der Waals surface area (Å²) in [6.45, 7) is 3.96. The van der Waals surface area contributed by atoms with Crippen molar-refractivity contribution < 1.29 is 13.2 Å². The van der Waals surface area contributed by atoms with E-state index in [1.54, 1.807) is 34.0 Å². The maximum absolute atomic E-state index is 13.0. The van der Waals surface area contributed by atoms with Gasteiger partial charge < -0.3 is 10.2 Å². The average molecular weight is 356 g/mol. The van der Waals surface area contributed by atoms with E-state index in [0.29, 0.717) is 5.69 Å². The van der Waals surface area contributed by atoms with Crippen LogP contribution in [0.25, 0.3) is 0 Å². The molecule has 0 aromatic carbocycles. The van der Waals surface area contributed by atoms with Crippen LogP contribution in [0.2, 0.25) is 0 Å². The number of rotatable bonds is 5. The van der Waals surface area contributed by atoms with Crippen LogP contribution in [0.4, 0.5) is 24.9 Å². The summed E-state index contributed by atoms with van der Waals surface area (Å²) in [7, 11) is 3.11. The monoisotopic (exact) mass is 356 g/mol. The Balaban J connectivity index is 2.18. The Morgan fingerprint density at radius 3 is 2.40 bits per heavy atom. The first-order valence-corrected chi connectivity index (χ1v) is 7.50. The minimum Gasteiger partial charge on any atom is -0.368 e. The number of aryl methyl sites for hydroxylation is 2. The molecule has 0 spiro atoms. The molecule has 0 amide bonds. The molecule has 7 nitrogen and oxygen atoms in total. The van der Waals surface area contributed by atoms with Gasteiger partial charge in [-0.2, -0.15) is 23.1 Å². The summed E-state index contributed by atoms with van der Waals surface area (Å²) in [6, 6.07) is 2.61. The third-order valence-electron chi connectivity index (χ3n) is 3.39. The van der Waals surface area contributed by atoms with E-state index < -0.39 is 17.6 Å². The molecule has 2 aromatic rings. The van der Waals surface area contributed by atoms with Gasteiger partial charge in [0.1, 0.15) is 5.82 Å². The van der Waals surface area contributed by atoms with Gasteiger partial charge in [-0.05, 0) is 19.9 Å². The Kier molecular flexibility index (Phi) is 5.29. The molecule has 0 radical (unpaired) electrons. The fraction of sp³-hybridized carbons (Fsp3) is 0.467. The molecule has 10 heteroatoms. The highest BCUT2D eigenvalue weighted by atomic mass is 19.4. The van der Waals surface area contributed by atoms with Gasteiger partial charge in [-0.3, -0.25) is 4.57 Å². The lowest BCUT2D eigenvalue weighted by atomic mass is 10.3.